The molecule has 5 nitrogen and oxygen atoms in total. The van der Waals surface area contributed by atoms with Crippen molar-refractivity contribution in [3.05, 3.63) is 89.0 Å². The third-order valence-electron chi connectivity index (χ3n) is 5.42. The number of aryl methyl sites for hydroxylation is 1. The van der Waals surface area contributed by atoms with Gasteiger partial charge in [-0.3, -0.25) is 0 Å². The summed E-state index contributed by atoms with van der Waals surface area (Å²) in [5.41, 5.74) is 9.00. The molecule has 174 valence electrons. The summed E-state index contributed by atoms with van der Waals surface area (Å²) in [5.74, 6) is 0.450. The maximum Gasteiger partial charge on any atom is 0.343 e. The van der Waals surface area contributed by atoms with Crippen LogP contribution in [-0.2, 0) is 11.8 Å². The van der Waals surface area contributed by atoms with Gasteiger partial charge in [0, 0.05) is 11.3 Å². The summed E-state index contributed by atoms with van der Waals surface area (Å²) in [5, 5.41) is 10.8. The lowest BCUT2D eigenvalue weighted by Crippen LogP contribution is -2.17. The van der Waals surface area contributed by atoms with Crippen LogP contribution in [-0.4, -0.2) is 11.1 Å². The van der Waals surface area contributed by atoms with Crippen molar-refractivity contribution in [1.82, 2.24) is 0 Å². The van der Waals surface area contributed by atoms with Gasteiger partial charge in [-0.15, -0.1) is 0 Å². The van der Waals surface area contributed by atoms with Crippen molar-refractivity contribution in [3.8, 4) is 11.5 Å². The predicted octanol–water partition coefficient (Wildman–Crippen LogP) is 6.20. The van der Waals surface area contributed by atoms with E-state index in [-0.39, 0.29) is 5.41 Å². The molecule has 0 saturated heterocycles. The zero-order chi connectivity index (χ0) is 24.0. The third-order valence-corrected chi connectivity index (χ3v) is 5.42. The molecule has 0 amide bonds. The van der Waals surface area contributed by atoms with Crippen molar-refractivity contribution in [2.45, 2.75) is 58.7 Å². The van der Waals surface area contributed by atoms with Crippen LogP contribution in [0.4, 0.5) is 5.69 Å². The van der Waals surface area contributed by atoms with Crippen molar-refractivity contribution < 1.29 is 19.4 Å². The van der Waals surface area contributed by atoms with Gasteiger partial charge in [-0.1, -0.05) is 46.2 Å². The quantitative estimate of drug-likeness (QED) is 0.186. The third kappa shape index (κ3) is 6.83. The number of carbonyl (C=O) groups excluding carboxylic acids is 1. The highest BCUT2D eigenvalue weighted by Gasteiger charge is 2.22. The van der Waals surface area contributed by atoms with E-state index in [1.54, 1.807) is 36.4 Å². The summed E-state index contributed by atoms with van der Waals surface area (Å²) in [7, 11) is 0. The van der Waals surface area contributed by atoms with Gasteiger partial charge < -0.3 is 20.3 Å². The summed E-state index contributed by atoms with van der Waals surface area (Å²) in [6.45, 7) is 8.30. The maximum atomic E-state index is 12.9. The molecular formula is C28H33NO4. The average molecular weight is 448 g/mol. The molecule has 0 aliphatic carbocycles. The van der Waals surface area contributed by atoms with Crippen LogP contribution in [0.15, 0.2) is 66.7 Å². The second-order valence-corrected chi connectivity index (χ2v) is 9.27. The summed E-state index contributed by atoms with van der Waals surface area (Å²) in [6, 6.07) is 19.6. The Hall–Kier alpha value is -3.31. The lowest BCUT2D eigenvalue weighted by molar-refractivity contribution is -0.0195. The summed E-state index contributed by atoms with van der Waals surface area (Å²) < 4.78 is 11.3. The highest BCUT2D eigenvalue weighted by Crippen LogP contribution is 2.29. The Morgan fingerprint density at radius 1 is 0.970 bits per heavy atom. The van der Waals surface area contributed by atoms with Crippen molar-refractivity contribution in [2.75, 3.05) is 5.73 Å². The second-order valence-electron chi connectivity index (χ2n) is 9.27. The molecule has 0 spiro atoms. The minimum Gasteiger partial charge on any atom is -0.461 e. The van der Waals surface area contributed by atoms with E-state index in [4.69, 9.17) is 15.2 Å². The molecule has 1 atom stereocenters. The topological polar surface area (TPSA) is 81.8 Å². The Balaban J connectivity index is 1.82. The molecule has 3 aromatic carbocycles. The zero-order valence-electron chi connectivity index (χ0n) is 19.8. The van der Waals surface area contributed by atoms with E-state index in [0.717, 1.165) is 24.8 Å². The van der Waals surface area contributed by atoms with E-state index in [0.29, 0.717) is 28.3 Å². The highest BCUT2D eigenvalue weighted by molar-refractivity contribution is 5.91. The Bertz CT molecular complexity index is 1070. The Morgan fingerprint density at radius 3 is 2.21 bits per heavy atom. The fourth-order valence-electron chi connectivity index (χ4n) is 3.36. The number of hydrogen-bond donors (Lipinski definition) is 2. The van der Waals surface area contributed by atoms with Crippen molar-refractivity contribution >= 4 is 11.7 Å². The number of anilines is 1. The molecule has 5 heteroatoms. The first-order valence-electron chi connectivity index (χ1n) is 11.3. The SMILES string of the molecule is CCCCc1ccc(OC(O)c2cc(C(=O)Oc3ccc(N)cc3)cc(C(C)(C)C)c2)cc1. The van der Waals surface area contributed by atoms with E-state index >= 15 is 0 Å². The molecule has 0 fully saturated rings. The van der Waals surface area contributed by atoms with Crippen molar-refractivity contribution in [2.24, 2.45) is 0 Å². The van der Waals surface area contributed by atoms with Crippen LogP contribution in [0.3, 0.4) is 0 Å². The van der Waals surface area contributed by atoms with Gasteiger partial charge in [0.2, 0.25) is 6.29 Å². The highest BCUT2D eigenvalue weighted by atomic mass is 16.6. The summed E-state index contributed by atoms with van der Waals surface area (Å²) in [6.07, 6.45) is 2.07. The van der Waals surface area contributed by atoms with Crippen LogP contribution in [0.25, 0.3) is 0 Å². The minimum absolute atomic E-state index is 0.243. The number of aliphatic hydroxyl groups is 1. The molecule has 0 aliphatic heterocycles. The van der Waals surface area contributed by atoms with Gasteiger partial charge in [-0.05, 0) is 84.0 Å². The Morgan fingerprint density at radius 2 is 1.61 bits per heavy atom. The number of carbonyl (C=O) groups is 1. The van der Waals surface area contributed by atoms with Crippen LogP contribution in [0.1, 0.15) is 73.9 Å². The molecule has 3 rings (SSSR count). The maximum absolute atomic E-state index is 12.9. The molecule has 3 N–H and O–H groups in total. The van der Waals surface area contributed by atoms with Gasteiger partial charge in [0.05, 0.1) is 5.56 Å². The van der Waals surface area contributed by atoms with Gasteiger partial charge >= 0.3 is 5.97 Å². The van der Waals surface area contributed by atoms with E-state index in [1.165, 1.54) is 5.56 Å². The minimum atomic E-state index is -1.23. The molecule has 0 heterocycles. The van der Waals surface area contributed by atoms with Gasteiger partial charge in [-0.2, -0.15) is 0 Å². The molecule has 3 aromatic rings. The monoisotopic (exact) mass is 447 g/mol. The number of unbranched alkanes of at least 4 members (excludes halogenated alkanes) is 1. The molecule has 0 saturated carbocycles. The average Bonchev–Trinajstić information content (AvgIpc) is 2.79. The number of hydrogen-bond acceptors (Lipinski definition) is 5. The number of ether oxygens (including phenoxy) is 2. The molecule has 33 heavy (non-hydrogen) atoms. The lowest BCUT2D eigenvalue weighted by Gasteiger charge is -2.23. The Labute approximate surface area is 196 Å². The van der Waals surface area contributed by atoms with E-state index in [9.17, 15) is 9.90 Å². The number of nitrogen functional groups attached to an aromatic ring is 1. The van der Waals surface area contributed by atoms with Crippen LogP contribution in [0.2, 0.25) is 0 Å². The molecular weight excluding hydrogens is 414 g/mol. The fourth-order valence-corrected chi connectivity index (χ4v) is 3.36. The van der Waals surface area contributed by atoms with Gasteiger partial charge in [0.1, 0.15) is 11.5 Å². The second kappa shape index (κ2) is 10.5. The molecule has 0 aliphatic rings. The summed E-state index contributed by atoms with van der Waals surface area (Å²) >= 11 is 0. The van der Waals surface area contributed by atoms with E-state index in [2.05, 4.69) is 6.92 Å². The van der Waals surface area contributed by atoms with Crippen LogP contribution >= 0.6 is 0 Å². The van der Waals surface area contributed by atoms with Gasteiger partial charge in [-0.25, -0.2) is 4.79 Å². The number of aliphatic hydroxyl groups excluding tert-OH is 1. The number of esters is 1. The Kier molecular flexibility index (Phi) is 7.77. The first kappa shape index (κ1) is 24.3. The normalized spacial score (nSPS) is 12.3. The number of benzene rings is 3. The molecule has 1 unspecified atom stereocenters. The standard InChI is InChI=1S/C28H33NO4/c1-5-6-7-19-8-12-24(13-9-19)32-26(30)20-16-21(18-22(17-20)28(2,3)4)27(31)33-25-14-10-23(29)11-15-25/h8-18,26,30H,5-7,29H2,1-4H3. The van der Waals surface area contributed by atoms with Crippen LogP contribution in [0, 0.1) is 0 Å². The number of nitrogens with two attached hydrogens (primary N) is 1. The molecule has 0 aromatic heterocycles. The molecule has 0 bridgehead atoms. The largest absolute Gasteiger partial charge is 0.461 e. The molecule has 0 radical (unpaired) electrons. The predicted molar refractivity (Wildman–Crippen MR) is 132 cm³/mol. The van der Waals surface area contributed by atoms with Crippen molar-refractivity contribution in [3.63, 3.8) is 0 Å². The van der Waals surface area contributed by atoms with Gasteiger partial charge in [0.15, 0.2) is 0 Å². The first-order chi connectivity index (χ1) is 15.7. The van der Waals surface area contributed by atoms with Crippen molar-refractivity contribution in [1.29, 1.82) is 0 Å². The lowest BCUT2D eigenvalue weighted by atomic mass is 9.85. The van der Waals surface area contributed by atoms with Crippen LogP contribution in [0.5, 0.6) is 11.5 Å². The first-order valence-corrected chi connectivity index (χ1v) is 11.3. The zero-order valence-corrected chi connectivity index (χ0v) is 19.8. The summed E-state index contributed by atoms with van der Waals surface area (Å²) in [4.78, 5) is 12.9. The van der Waals surface area contributed by atoms with Gasteiger partial charge in [0.25, 0.3) is 0 Å². The fraction of sp³-hybridized carbons (Fsp3) is 0.321. The van der Waals surface area contributed by atoms with E-state index in [1.807, 2.05) is 51.1 Å². The van der Waals surface area contributed by atoms with E-state index < -0.39 is 12.3 Å². The number of rotatable bonds is 8. The smallest absolute Gasteiger partial charge is 0.343 e. The van der Waals surface area contributed by atoms with Crippen LogP contribution < -0.4 is 15.2 Å².